The molecule has 4 aromatic rings. The Morgan fingerprint density at radius 2 is 0.742 bits per heavy atom. The number of carbonyl (C=O) groups is 1. The summed E-state index contributed by atoms with van der Waals surface area (Å²) in [6.45, 7) is 1.09. The van der Waals surface area contributed by atoms with Gasteiger partial charge in [0.1, 0.15) is 0 Å². The zero-order valence-corrected chi connectivity index (χ0v) is 17.3. The van der Waals surface area contributed by atoms with Gasteiger partial charge in [0.2, 0.25) is 6.29 Å². The third kappa shape index (κ3) is 7.67. The van der Waals surface area contributed by atoms with Gasteiger partial charge in [0.15, 0.2) is 6.29 Å². The Hall–Kier alpha value is -3.53. The third-order valence-corrected chi connectivity index (χ3v) is 4.52. The van der Waals surface area contributed by atoms with Gasteiger partial charge in [-0.1, -0.05) is 121 Å². The number of carbonyl (C=O) groups excluding carboxylic acids is 1. The monoisotopic (exact) mass is 410 g/mol. The summed E-state index contributed by atoms with van der Waals surface area (Å²) < 4.78 is 9.42. The van der Waals surface area contributed by atoms with E-state index in [1.807, 2.05) is 24.3 Å². The molecule has 0 aromatic heterocycles. The molecule has 1 fully saturated rings. The minimum absolute atomic E-state index is 0.545. The molecule has 3 heteroatoms. The fraction of sp³-hybridized carbons (Fsp3) is 0.107. The first kappa shape index (κ1) is 22.2. The molecule has 0 saturated carbocycles. The molecule has 0 radical (unpaired) electrons. The molecule has 0 atom stereocenters. The predicted octanol–water partition coefficient (Wildman–Crippen LogP) is 6.27. The second kappa shape index (κ2) is 12.9. The van der Waals surface area contributed by atoms with Crippen molar-refractivity contribution >= 4 is 6.29 Å². The van der Waals surface area contributed by atoms with Crippen LogP contribution in [0.25, 0.3) is 22.3 Å². The number of rotatable bonds is 3. The molecule has 31 heavy (non-hydrogen) atoms. The second-order valence-corrected chi connectivity index (χ2v) is 6.71. The van der Waals surface area contributed by atoms with Crippen molar-refractivity contribution in [3.8, 4) is 22.3 Å². The van der Waals surface area contributed by atoms with Gasteiger partial charge in [-0.3, -0.25) is 4.79 Å². The molecule has 1 aliphatic heterocycles. The van der Waals surface area contributed by atoms with Gasteiger partial charge in [0.25, 0.3) is 0 Å². The zero-order valence-electron chi connectivity index (χ0n) is 17.3. The molecule has 0 amide bonds. The number of benzene rings is 4. The standard InChI is InChI=1S/2C12H10.C4H6O3/c2*1-3-7-11(8-4-1)12-9-5-2-6-10-12;5-3-4-6-1-2-7-4/h2*1-10H;3-4H,1-2H2. The number of ether oxygens (including phenoxy) is 2. The number of hydrogen-bond acceptors (Lipinski definition) is 3. The van der Waals surface area contributed by atoms with Gasteiger partial charge in [0, 0.05) is 0 Å². The Morgan fingerprint density at radius 3 is 0.935 bits per heavy atom. The Morgan fingerprint density at radius 1 is 0.484 bits per heavy atom. The number of hydrogen-bond donors (Lipinski definition) is 0. The highest BCUT2D eigenvalue weighted by molar-refractivity contribution is 5.63. The fourth-order valence-corrected chi connectivity index (χ4v) is 2.98. The normalized spacial score (nSPS) is 12.6. The topological polar surface area (TPSA) is 35.5 Å². The Balaban J connectivity index is 0.000000137. The van der Waals surface area contributed by atoms with Gasteiger partial charge in [-0.05, 0) is 22.3 Å². The highest BCUT2D eigenvalue weighted by Gasteiger charge is 2.12. The lowest BCUT2D eigenvalue weighted by molar-refractivity contribution is -0.130. The average molecular weight is 411 g/mol. The van der Waals surface area contributed by atoms with E-state index in [1.54, 1.807) is 0 Å². The summed E-state index contributed by atoms with van der Waals surface area (Å²) >= 11 is 0. The van der Waals surface area contributed by atoms with Gasteiger partial charge in [0.05, 0.1) is 13.2 Å². The highest BCUT2D eigenvalue weighted by Crippen LogP contribution is 2.18. The zero-order chi connectivity index (χ0) is 21.6. The van der Waals surface area contributed by atoms with Crippen LogP contribution in [0.15, 0.2) is 121 Å². The van der Waals surface area contributed by atoms with E-state index in [2.05, 4.69) is 97.1 Å². The van der Waals surface area contributed by atoms with E-state index in [4.69, 9.17) is 9.47 Å². The van der Waals surface area contributed by atoms with E-state index in [0.29, 0.717) is 19.5 Å². The van der Waals surface area contributed by atoms with Crippen molar-refractivity contribution in [2.75, 3.05) is 13.2 Å². The lowest BCUT2D eigenvalue weighted by Gasteiger charge is -1.98. The van der Waals surface area contributed by atoms with Crippen LogP contribution >= 0.6 is 0 Å². The Bertz CT molecular complexity index is 831. The van der Waals surface area contributed by atoms with E-state index in [1.165, 1.54) is 22.3 Å². The minimum atomic E-state index is -0.583. The van der Waals surface area contributed by atoms with Crippen LogP contribution in [0.3, 0.4) is 0 Å². The molecule has 4 aromatic carbocycles. The second-order valence-electron chi connectivity index (χ2n) is 6.71. The molecule has 0 bridgehead atoms. The third-order valence-electron chi connectivity index (χ3n) is 4.52. The van der Waals surface area contributed by atoms with Crippen molar-refractivity contribution in [3.63, 3.8) is 0 Å². The lowest BCUT2D eigenvalue weighted by atomic mass is 10.1. The molecule has 1 aliphatic rings. The Labute approximate surface area is 183 Å². The molecule has 1 saturated heterocycles. The molecular formula is C28H26O3. The van der Waals surface area contributed by atoms with Gasteiger partial charge in [-0.25, -0.2) is 0 Å². The smallest absolute Gasteiger partial charge is 0.214 e. The van der Waals surface area contributed by atoms with Crippen molar-refractivity contribution in [2.45, 2.75) is 6.29 Å². The summed E-state index contributed by atoms with van der Waals surface area (Å²) in [7, 11) is 0. The van der Waals surface area contributed by atoms with Crippen molar-refractivity contribution in [1.82, 2.24) is 0 Å². The fourth-order valence-electron chi connectivity index (χ4n) is 2.98. The Kier molecular flexibility index (Phi) is 9.23. The first-order valence-electron chi connectivity index (χ1n) is 10.3. The van der Waals surface area contributed by atoms with Crippen molar-refractivity contribution in [3.05, 3.63) is 121 Å². The van der Waals surface area contributed by atoms with E-state index >= 15 is 0 Å². The van der Waals surface area contributed by atoms with Crippen LogP contribution in [-0.4, -0.2) is 25.8 Å². The molecular weight excluding hydrogens is 384 g/mol. The van der Waals surface area contributed by atoms with Gasteiger partial charge < -0.3 is 9.47 Å². The van der Waals surface area contributed by atoms with E-state index in [9.17, 15) is 4.79 Å². The summed E-state index contributed by atoms with van der Waals surface area (Å²) in [5, 5.41) is 0. The summed E-state index contributed by atoms with van der Waals surface area (Å²) in [6, 6.07) is 41.6. The van der Waals surface area contributed by atoms with Crippen LogP contribution in [0.5, 0.6) is 0 Å². The molecule has 1 heterocycles. The van der Waals surface area contributed by atoms with Crippen molar-refractivity contribution < 1.29 is 14.3 Å². The van der Waals surface area contributed by atoms with Gasteiger partial charge in [-0.15, -0.1) is 0 Å². The van der Waals surface area contributed by atoms with Crippen LogP contribution < -0.4 is 0 Å². The van der Waals surface area contributed by atoms with Crippen LogP contribution in [0.2, 0.25) is 0 Å². The van der Waals surface area contributed by atoms with Crippen molar-refractivity contribution in [1.29, 1.82) is 0 Å². The molecule has 0 unspecified atom stereocenters. The average Bonchev–Trinajstić information content (AvgIpc) is 3.41. The predicted molar refractivity (Wildman–Crippen MR) is 126 cm³/mol. The summed E-state index contributed by atoms with van der Waals surface area (Å²) in [6.07, 6.45) is 0.0625. The maximum atomic E-state index is 9.76. The van der Waals surface area contributed by atoms with Crippen LogP contribution in [0, 0.1) is 0 Å². The summed E-state index contributed by atoms with van der Waals surface area (Å²) in [5.41, 5.74) is 5.10. The number of aldehydes is 1. The maximum Gasteiger partial charge on any atom is 0.214 e. The molecule has 0 spiro atoms. The quantitative estimate of drug-likeness (QED) is 0.374. The van der Waals surface area contributed by atoms with Gasteiger partial charge >= 0.3 is 0 Å². The van der Waals surface area contributed by atoms with Crippen LogP contribution in [0.4, 0.5) is 0 Å². The maximum absolute atomic E-state index is 9.76. The molecule has 0 N–H and O–H groups in total. The van der Waals surface area contributed by atoms with E-state index < -0.39 is 6.29 Å². The summed E-state index contributed by atoms with van der Waals surface area (Å²) in [4.78, 5) is 9.76. The lowest BCUT2D eigenvalue weighted by Crippen LogP contribution is -2.07. The molecule has 3 nitrogen and oxygen atoms in total. The first-order chi connectivity index (χ1) is 15.4. The highest BCUT2D eigenvalue weighted by atomic mass is 16.7. The SMILES string of the molecule is O=CC1OCCO1.c1ccc(-c2ccccc2)cc1.c1ccc(-c2ccccc2)cc1. The molecule has 156 valence electrons. The largest absolute Gasteiger partial charge is 0.344 e. The van der Waals surface area contributed by atoms with Crippen LogP contribution in [-0.2, 0) is 14.3 Å². The minimum Gasteiger partial charge on any atom is -0.344 e. The summed E-state index contributed by atoms with van der Waals surface area (Å²) in [5.74, 6) is 0. The molecule has 5 rings (SSSR count). The molecule has 0 aliphatic carbocycles. The van der Waals surface area contributed by atoms with E-state index in [-0.39, 0.29) is 0 Å². The van der Waals surface area contributed by atoms with Crippen LogP contribution in [0.1, 0.15) is 0 Å². The first-order valence-corrected chi connectivity index (χ1v) is 10.3. The van der Waals surface area contributed by atoms with E-state index in [0.717, 1.165) is 0 Å². The van der Waals surface area contributed by atoms with Gasteiger partial charge in [-0.2, -0.15) is 0 Å². The van der Waals surface area contributed by atoms with Crippen molar-refractivity contribution in [2.24, 2.45) is 0 Å².